The van der Waals surface area contributed by atoms with E-state index in [0.717, 1.165) is 23.6 Å². The molecule has 0 unspecified atom stereocenters. The number of methoxy groups -OCH3 is 2. The van der Waals surface area contributed by atoms with Crippen molar-refractivity contribution in [3.05, 3.63) is 83.2 Å². The van der Waals surface area contributed by atoms with Crippen LogP contribution < -0.4 is 0 Å². The lowest BCUT2D eigenvalue weighted by Crippen LogP contribution is -2.40. The summed E-state index contributed by atoms with van der Waals surface area (Å²) in [5, 5.41) is 34.0. The maximum atomic E-state index is 13.3. The number of benzene rings is 2. The van der Waals surface area contributed by atoms with Crippen LogP contribution in [0.5, 0.6) is 5.75 Å². The van der Waals surface area contributed by atoms with Crippen LogP contribution in [-0.2, 0) is 19.1 Å². The summed E-state index contributed by atoms with van der Waals surface area (Å²) in [6, 6.07) is 16.6. The lowest BCUT2D eigenvalue weighted by atomic mass is 9.68. The maximum Gasteiger partial charge on any atom is 0.423 e. The summed E-state index contributed by atoms with van der Waals surface area (Å²) >= 11 is 0. The summed E-state index contributed by atoms with van der Waals surface area (Å²) in [4.78, 5) is 43.6. The van der Waals surface area contributed by atoms with E-state index in [0.29, 0.717) is 33.5 Å². The van der Waals surface area contributed by atoms with E-state index in [9.17, 15) is 29.7 Å². The first kappa shape index (κ1) is 30.1. The van der Waals surface area contributed by atoms with Crippen LogP contribution in [-0.4, -0.2) is 76.6 Å². The van der Waals surface area contributed by atoms with Gasteiger partial charge in [0.05, 0.1) is 44.0 Å². The van der Waals surface area contributed by atoms with E-state index in [1.54, 1.807) is 12.3 Å². The largest absolute Gasteiger partial charge is 0.507 e. The molecule has 0 radical (unpaired) electrons. The molecule has 224 valence electrons. The Labute approximate surface area is 248 Å². The highest BCUT2D eigenvalue weighted by Crippen LogP contribution is 2.46. The molecule has 3 N–H and O–H groups in total. The van der Waals surface area contributed by atoms with Crippen LogP contribution in [0.25, 0.3) is 22.4 Å². The van der Waals surface area contributed by atoms with E-state index in [1.807, 2.05) is 54.6 Å². The minimum Gasteiger partial charge on any atom is -0.507 e. The second-order valence-corrected chi connectivity index (χ2v) is 10.8. The lowest BCUT2D eigenvalue weighted by Gasteiger charge is -2.36. The summed E-state index contributed by atoms with van der Waals surface area (Å²) in [5.74, 6) is -3.99. The number of fused-ring (bicyclic) bond motifs is 2. The van der Waals surface area contributed by atoms with E-state index < -0.39 is 48.4 Å². The number of amides is 3. The van der Waals surface area contributed by atoms with Gasteiger partial charge < -0.3 is 24.8 Å². The average Bonchev–Trinajstić information content (AvgIpc) is 3.28. The van der Waals surface area contributed by atoms with E-state index >= 15 is 0 Å². The van der Waals surface area contributed by atoms with Crippen molar-refractivity contribution in [2.24, 2.45) is 17.8 Å². The quantitative estimate of drug-likeness (QED) is 0.251. The van der Waals surface area contributed by atoms with Crippen LogP contribution in [0.2, 0.25) is 0 Å². The Bertz CT molecular complexity index is 1600. The molecule has 10 heteroatoms. The zero-order valence-corrected chi connectivity index (χ0v) is 24.0. The molecular weight excluding hydrogens is 552 g/mol. The number of aromatic nitrogens is 1. The van der Waals surface area contributed by atoms with E-state index in [2.05, 4.69) is 9.72 Å². The van der Waals surface area contributed by atoms with Crippen molar-refractivity contribution in [2.45, 2.75) is 25.4 Å². The molecule has 1 saturated heterocycles. The lowest BCUT2D eigenvalue weighted by molar-refractivity contribution is -0.137. The molecule has 2 heterocycles. The summed E-state index contributed by atoms with van der Waals surface area (Å²) in [7, 11) is 2.58. The number of aliphatic hydroxyl groups is 2. The number of hydrogen-bond donors (Lipinski definition) is 3. The number of carbonyl (C=O) groups is 3. The number of imide groups is 3. The predicted molar refractivity (Wildman–Crippen MR) is 158 cm³/mol. The molecule has 4 atom stereocenters. The van der Waals surface area contributed by atoms with Crippen molar-refractivity contribution in [3.8, 4) is 5.75 Å². The van der Waals surface area contributed by atoms with E-state index in [-0.39, 0.29) is 25.2 Å². The minimum atomic E-state index is -1.08. The fourth-order valence-electron chi connectivity index (χ4n) is 6.43. The third-order valence-corrected chi connectivity index (χ3v) is 8.36. The van der Waals surface area contributed by atoms with Gasteiger partial charge in [-0.25, -0.2) is 4.79 Å². The van der Waals surface area contributed by atoms with Gasteiger partial charge >= 0.3 is 6.09 Å². The van der Waals surface area contributed by atoms with Gasteiger partial charge in [0, 0.05) is 24.6 Å². The number of pyridine rings is 1. The van der Waals surface area contributed by atoms with Crippen molar-refractivity contribution >= 4 is 40.3 Å². The number of phenolic OH excluding ortho intramolecular Hbond substituents is 1. The van der Waals surface area contributed by atoms with Crippen LogP contribution >= 0.6 is 0 Å². The SMILES string of the molecule is COCC1=C([C@H](O)CC/C(=C/c2ccc(O)c3ccccc23)c2ccccn2)[C@H](CO)[C@@H]2C(=O)N(C(=O)OC)C(=O)[C@@H]2C1. The minimum absolute atomic E-state index is 0.0915. The van der Waals surface area contributed by atoms with E-state index in [1.165, 1.54) is 7.11 Å². The Hall–Kier alpha value is -4.38. The maximum absolute atomic E-state index is 13.3. The van der Waals surface area contributed by atoms with Gasteiger partial charge in [0.1, 0.15) is 5.75 Å². The summed E-state index contributed by atoms with van der Waals surface area (Å²) in [6.45, 7) is -0.411. The number of carbonyl (C=O) groups excluding carboxylic acids is 3. The Morgan fingerprint density at radius 2 is 1.81 bits per heavy atom. The topological polar surface area (TPSA) is 146 Å². The standard InChI is InChI=1S/C33H34N2O8/c1-42-18-21-16-24-30(32(40)35(31(24)39)33(41)43-2)25(17-36)29(21)28(38)13-11-20(26-9-5-6-14-34-26)15-19-10-12-27(37)23-8-4-3-7-22(19)23/h3-10,12,14-15,24-25,28,30,36-38H,11,13,16-18H2,1-2H3/b20-15-/t24-,25+,28-,30-/m1/s1. The number of rotatable bonds is 9. The number of phenols is 1. The molecule has 3 aromatic rings. The molecule has 1 aliphatic heterocycles. The monoisotopic (exact) mass is 586 g/mol. The number of likely N-dealkylation sites (tertiary alicyclic amines) is 1. The number of aromatic hydroxyl groups is 1. The van der Waals surface area contributed by atoms with Crippen molar-refractivity contribution in [1.82, 2.24) is 9.88 Å². The van der Waals surface area contributed by atoms with Gasteiger partial charge in [0.25, 0.3) is 0 Å². The molecule has 2 aromatic carbocycles. The second kappa shape index (κ2) is 12.9. The summed E-state index contributed by atoms with van der Waals surface area (Å²) < 4.78 is 10.0. The van der Waals surface area contributed by atoms with Crippen LogP contribution in [0, 0.1) is 17.8 Å². The molecule has 5 rings (SSSR count). The van der Waals surface area contributed by atoms with Gasteiger partial charge in [-0.3, -0.25) is 14.6 Å². The normalized spacial score (nSPS) is 21.3. The summed E-state index contributed by atoms with van der Waals surface area (Å²) in [5.41, 5.74) is 3.49. The van der Waals surface area contributed by atoms with Gasteiger partial charge in [-0.1, -0.05) is 36.4 Å². The van der Waals surface area contributed by atoms with Crippen molar-refractivity contribution < 1.29 is 39.2 Å². The Balaban J connectivity index is 1.49. The molecule has 2 aliphatic rings. The first-order chi connectivity index (χ1) is 20.8. The van der Waals surface area contributed by atoms with Crippen LogP contribution in [0.3, 0.4) is 0 Å². The van der Waals surface area contributed by atoms with Gasteiger partial charge in [-0.05, 0) is 71.2 Å². The number of hydrogen-bond acceptors (Lipinski definition) is 9. The summed E-state index contributed by atoms with van der Waals surface area (Å²) in [6.07, 6.45) is 2.23. The van der Waals surface area contributed by atoms with Gasteiger partial charge in [-0.15, -0.1) is 0 Å². The molecule has 0 spiro atoms. The smallest absolute Gasteiger partial charge is 0.423 e. The third kappa shape index (κ3) is 5.69. The average molecular weight is 587 g/mol. The molecule has 10 nitrogen and oxygen atoms in total. The van der Waals surface area contributed by atoms with Crippen molar-refractivity contribution in [2.75, 3.05) is 27.4 Å². The van der Waals surface area contributed by atoms with Crippen molar-refractivity contribution in [1.29, 1.82) is 0 Å². The molecule has 1 aliphatic carbocycles. The molecule has 3 amide bonds. The van der Waals surface area contributed by atoms with E-state index in [4.69, 9.17) is 4.74 Å². The predicted octanol–water partition coefficient (Wildman–Crippen LogP) is 3.94. The number of ether oxygens (including phenoxy) is 2. The Morgan fingerprint density at radius 3 is 2.49 bits per heavy atom. The molecule has 1 fully saturated rings. The first-order valence-electron chi connectivity index (χ1n) is 14.1. The number of nitrogens with zero attached hydrogens (tertiary/aromatic N) is 2. The van der Waals surface area contributed by atoms with Gasteiger partial charge in [-0.2, -0.15) is 4.90 Å². The zero-order chi connectivity index (χ0) is 30.7. The molecule has 0 bridgehead atoms. The second-order valence-electron chi connectivity index (χ2n) is 10.8. The fourth-order valence-corrected chi connectivity index (χ4v) is 6.43. The van der Waals surface area contributed by atoms with Gasteiger partial charge in [0.15, 0.2) is 0 Å². The van der Waals surface area contributed by atoms with Crippen LogP contribution in [0.4, 0.5) is 4.79 Å². The van der Waals surface area contributed by atoms with Gasteiger partial charge in [0.2, 0.25) is 11.8 Å². The fraction of sp³-hybridized carbons (Fsp3) is 0.333. The Morgan fingerprint density at radius 1 is 1.07 bits per heavy atom. The highest BCUT2D eigenvalue weighted by atomic mass is 16.5. The highest BCUT2D eigenvalue weighted by Gasteiger charge is 2.57. The van der Waals surface area contributed by atoms with Crippen LogP contribution in [0.15, 0.2) is 71.9 Å². The number of aliphatic hydroxyl groups excluding tert-OH is 2. The van der Waals surface area contributed by atoms with Crippen molar-refractivity contribution in [3.63, 3.8) is 0 Å². The Kier molecular flexibility index (Phi) is 9.00. The number of allylic oxidation sites excluding steroid dienone is 1. The molecular formula is C33H34N2O8. The molecule has 43 heavy (non-hydrogen) atoms. The zero-order valence-electron chi connectivity index (χ0n) is 24.0. The molecule has 1 aromatic heterocycles. The molecule has 0 saturated carbocycles. The third-order valence-electron chi connectivity index (χ3n) is 8.36. The highest BCUT2D eigenvalue weighted by molar-refractivity contribution is 6.16. The first-order valence-corrected chi connectivity index (χ1v) is 14.1. The van der Waals surface area contributed by atoms with Crippen LogP contribution in [0.1, 0.15) is 30.5 Å².